The lowest BCUT2D eigenvalue weighted by Gasteiger charge is -2.00. The standard InChI is InChI=1S/C8H14O3/c1-6-5-7(6)8(10)11-4-2-3-9/h6-7,9H,2-5H2,1H3. The lowest BCUT2D eigenvalue weighted by molar-refractivity contribution is -0.145. The normalized spacial score (nSPS) is 28.2. The van der Waals surface area contributed by atoms with Crippen LogP contribution in [0.2, 0.25) is 0 Å². The van der Waals surface area contributed by atoms with Gasteiger partial charge in [0.1, 0.15) is 0 Å². The fourth-order valence-electron chi connectivity index (χ4n) is 0.995. The minimum Gasteiger partial charge on any atom is -0.465 e. The first-order chi connectivity index (χ1) is 5.25. The summed E-state index contributed by atoms with van der Waals surface area (Å²) in [7, 11) is 0. The van der Waals surface area contributed by atoms with E-state index >= 15 is 0 Å². The van der Waals surface area contributed by atoms with Crippen molar-refractivity contribution in [2.75, 3.05) is 13.2 Å². The largest absolute Gasteiger partial charge is 0.465 e. The van der Waals surface area contributed by atoms with Gasteiger partial charge in [-0.05, 0) is 12.3 Å². The van der Waals surface area contributed by atoms with E-state index in [1.54, 1.807) is 0 Å². The zero-order chi connectivity index (χ0) is 8.27. The lowest BCUT2D eigenvalue weighted by atomic mass is 10.3. The second-order valence-corrected chi connectivity index (χ2v) is 3.06. The highest BCUT2D eigenvalue weighted by Gasteiger charge is 2.40. The molecule has 3 nitrogen and oxygen atoms in total. The number of rotatable bonds is 4. The third-order valence-electron chi connectivity index (χ3n) is 1.96. The molecule has 1 rings (SSSR count). The molecule has 64 valence electrons. The summed E-state index contributed by atoms with van der Waals surface area (Å²) in [5.41, 5.74) is 0. The number of hydrogen-bond donors (Lipinski definition) is 1. The highest BCUT2D eigenvalue weighted by Crippen LogP contribution is 2.38. The molecule has 1 saturated carbocycles. The van der Waals surface area contributed by atoms with Crippen molar-refractivity contribution in [2.24, 2.45) is 11.8 Å². The zero-order valence-corrected chi connectivity index (χ0v) is 6.75. The molecule has 0 heterocycles. The van der Waals surface area contributed by atoms with E-state index in [0.717, 1.165) is 6.42 Å². The van der Waals surface area contributed by atoms with Gasteiger partial charge in [0.05, 0.1) is 12.5 Å². The van der Waals surface area contributed by atoms with E-state index in [1.165, 1.54) is 0 Å². The van der Waals surface area contributed by atoms with Crippen LogP contribution in [0, 0.1) is 11.8 Å². The van der Waals surface area contributed by atoms with E-state index in [1.807, 2.05) is 6.92 Å². The molecular weight excluding hydrogens is 144 g/mol. The number of ether oxygens (including phenoxy) is 1. The second kappa shape index (κ2) is 3.72. The molecule has 0 amide bonds. The summed E-state index contributed by atoms with van der Waals surface area (Å²) >= 11 is 0. The average molecular weight is 158 g/mol. The summed E-state index contributed by atoms with van der Waals surface area (Å²) in [6.07, 6.45) is 1.52. The molecule has 0 aromatic carbocycles. The average Bonchev–Trinajstić information content (AvgIpc) is 2.67. The maximum atomic E-state index is 11.0. The molecule has 0 saturated heterocycles. The molecule has 0 aromatic rings. The number of carbonyl (C=O) groups is 1. The van der Waals surface area contributed by atoms with Gasteiger partial charge in [-0.15, -0.1) is 0 Å². The molecule has 3 heteroatoms. The summed E-state index contributed by atoms with van der Waals surface area (Å²) in [4.78, 5) is 11.0. The molecular formula is C8H14O3. The van der Waals surface area contributed by atoms with Crippen molar-refractivity contribution in [1.82, 2.24) is 0 Å². The third kappa shape index (κ3) is 2.50. The van der Waals surface area contributed by atoms with Gasteiger partial charge in [-0.2, -0.15) is 0 Å². The molecule has 0 bridgehead atoms. The van der Waals surface area contributed by atoms with Crippen LogP contribution in [0.4, 0.5) is 0 Å². The summed E-state index contributed by atoms with van der Waals surface area (Å²) in [5.74, 6) is 0.566. The van der Waals surface area contributed by atoms with Crippen LogP contribution < -0.4 is 0 Å². The predicted octanol–water partition coefficient (Wildman–Crippen LogP) is 0.568. The smallest absolute Gasteiger partial charge is 0.309 e. The Labute approximate surface area is 66.4 Å². The Kier molecular flexibility index (Phi) is 2.88. The van der Waals surface area contributed by atoms with E-state index in [4.69, 9.17) is 9.84 Å². The van der Waals surface area contributed by atoms with Crippen LogP contribution in [-0.2, 0) is 9.53 Å². The van der Waals surface area contributed by atoms with Crippen LogP contribution >= 0.6 is 0 Å². The molecule has 1 aliphatic carbocycles. The molecule has 0 aliphatic heterocycles. The van der Waals surface area contributed by atoms with Crippen molar-refractivity contribution in [3.63, 3.8) is 0 Å². The van der Waals surface area contributed by atoms with Crippen LogP contribution in [0.25, 0.3) is 0 Å². The van der Waals surface area contributed by atoms with Gasteiger partial charge >= 0.3 is 5.97 Å². The van der Waals surface area contributed by atoms with Crippen LogP contribution in [-0.4, -0.2) is 24.3 Å². The van der Waals surface area contributed by atoms with E-state index < -0.39 is 0 Å². The predicted molar refractivity (Wildman–Crippen MR) is 39.9 cm³/mol. The summed E-state index contributed by atoms with van der Waals surface area (Å²) < 4.78 is 4.88. The second-order valence-electron chi connectivity index (χ2n) is 3.06. The van der Waals surface area contributed by atoms with Crippen molar-refractivity contribution in [3.05, 3.63) is 0 Å². The summed E-state index contributed by atoms with van der Waals surface area (Å²) in [6, 6.07) is 0. The zero-order valence-electron chi connectivity index (χ0n) is 6.75. The molecule has 2 atom stereocenters. The van der Waals surface area contributed by atoms with Gasteiger partial charge in [-0.25, -0.2) is 0 Å². The SMILES string of the molecule is CC1CC1C(=O)OCCCO. The van der Waals surface area contributed by atoms with Crippen molar-refractivity contribution in [1.29, 1.82) is 0 Å². The topological polar surface area (TPSA) is 46.5 Å². The summed E-state index contributed by atoms with van der Waals surface area (Å²) in [5, 5.41) is 8.39. The van der Waals surface area contributed by atoms with Crippen molar-refractivity contribution in [3.8, 4) is 0 Å². The van der Waals surface area contributed by atoms with Crippen LogP contribution in [0.5, 0.6) is 0 Å². The molecule has 0 aromatic heterocycles. The third-order valence-corrected chi connectivity index (χ3v) is 1.96. The Bertz CT molecular complexity index is 144. The van der Waals surface area contributed by atoms with Gasteiger partial charge in [0, 0.05) is 13.0 Å². The molecule has 11 heavy (non-hydrogen) atoms. The van der Waals surface area contributed by atoms with E-state index in [0.29, 0.717) is 18.9 Å². The molecule has 1 fully saturated rings. The Morgan fingerprint density at radius 1 is 1.73 bits per heavy atom. The summed E-state index contributed by atoms with van der Waals surface area (Å²) in [6.45, 7) is 2.49. The lowest BCUT2D eigenvalue weighted by Crippen LogP contribution is -2.09. The van der Waals surface area contributed by atoms with Crippen molar-refractivity contribution >= 4 is 5.97 Å². The van der Waals surface area contributed by atoms with Gasteiger partial charge < -0.3 is 9.84 Å². The quantitative estimate of drug-likeness (QED) is 0.480. The first kappa shape index (κ1) is 8.53. The van der Waals surface area contributed by atoms with Gasteiger partial charge in [-0.1, -0.05) is 6.92 Å². The van der Waals surface area contributed by atoms with Gasteiger partial charge in [-0.3, -0.25) is 4.79 Å². The first-order valence-corrected chi connectivity index (χ1v) is 4.03. The minimum absolute atomic E-state index is 0.0908. The fraction of sp³-hybridized carbons (Fsp3) is 0.875. The van der Waals surface area contributed by atoms with Crippen LogP contribution in [0.3, 0.4) is 0 Å². The van der Waals surface area contributed by atoms with Gasteiger partial charge in [0.25, 0.3) is 0 Å². The van der Waals surface area contributed by atoms with Gasteiger partial charge in [0.2, 0.25) is 0 Å². The number of hydrogen-bond acceptors (Lipinski definition) is 3. The number of esters is 1. The highest BCUT2D eigenvalue weighted by atomic mass is 16.5. The molecule has 1 aliphatic rings. The highest BCUT2D eigenvalue weighted by molar-refractivity contribution is 5.75. The first-order valence-electron chi connectivity index (χ1n) is 4.03. The minimum atomic E-state index is -0.0917. The molecule has 1 N–H and O–H groups in total. The van der Waals surface area contributed by atoms with Crippen LogP contribution in [0.15, 0.2) is 0 Å². The maximum absolute atomic E-state index is 11.0. The van der Waals surface area contributed by atoms with Crippen molar-refractivity contribution in [2.45, 2.75) is 19.8 Å². The van der Waals surface area contributed by atoms with Crippen molar-refractivity contribution < 1.29 is 14.6 Å². The number of aliphatic hydroxyl groups is 1. The Morgan fingerprint density at radius 2 is 2.36 bits per heavy atom. The van der Waals surface area contributed by atoms with E-state index in [-0.39, 0.29) is 18.5 Å². The van der Waals surface area contributed by atoms with E-state index in [9.17, 15) is 4.79 Å². The molecule has 0 spiro atoms. The number of carbonyl (C=O) groups excluding carboxylic acids is 1. The monoisotopic (exact) mass is 158 g/mol. The number of aliphatic hydroxyl groups excluding tert-OH is 1. The molecule has 0 radical (unpaired) electrons. The van der Waals surface area contributed by atoms with E-state index in [2.05, 4.69) is 0 Å². The Balaban J connectivity index is 2.03. The fourth-order valence-corrected chi connectivity index (χ4v) is 0.995. The Hall–Kier alpha value is -0.570. The maximum Gasteiger partial charge on any atom is 0.309 e. The molecule has 2 unspecified atom stereocenters. The van der Waals surface area contributed by atoms with Crippen LogP contribution in [0.1, 0.15) is 19.8 Å². The Morgan fingerprint density at radius 3 is 2.82 bits per heavy atom. The van der Waals surface area contributed by atoms with Gasteiger partial charge in [0.15, 0.2) is 0 Å².